The molecule has 0 aliphatic carbocycles. The number of aromatic nitrogens is 2. The summed E-state index contributed by atoms with van der Waals surface area (Å²) in [6.45, 7) is 4.36. The zero-order chi connectivity index (χ0) is 15.6. The van der Waals surface area contributed by atoms with Crippen molar-refractivity contribution in [1.82, 2.24) is 15.1 Å². The molecule has 1 aromatic rings. The Bertz CT molecular complexity index is 623. The number of hydrogen-bond donors (Lipinski definition) is 2. The van der Waals surface area contributed by atoms with Crippen LogP contribution in [0.4, 0.5) is 0 Å². The van der Waals surface area contributed by atoms with Crippen molar-refractivity contribution in [2.24, 2.45) is 5.92 Å². The Hall–Kier alpha value is -2.18. The third kappa shape index (κ3) is 3.29. The number of aromatic amines is 1. The third-order valence-corrected chi connectivity index (χ3v) is 3.95. The lowest BCUT2D eigenvalue weighted by atomic mass is 9.94. The van der Waals surface area contributed by atoms with Crippen LogP contribution in [0.2, 0.25) is 0 Å². The van der Waals surface area contributed by atoms with Crippen LogP contribution in [-0.4, -0.2) is 45.2 Å². The Balaban J connectivity index is 2.22. The van der Waals surface area contributed by atoms with Crippen molar-refractivity contribution in [1.29, 1.82) is 0 Å². The molecule has 1 saturated heterocycles. The van der Waals surface area contributed by atoms with Crippen LogP contribution < -0.4 is 5.56 Å². The van der Waals surface area contributed by atoms with Crippen molar-refractivity contribution in [3.63, 3.8) is 0 Å². The molecule has 7 nitrogen and oxygen atoms in total. The Morgan fingerprint density at radius 3 is 2.81 bits per heavy atom. The molecule has 0 bridgehead atoms. The van der Waals surface area contributed by atoms with E-state index in [1.165, 1.54) is 0 Å². The number of likely N-dealkylation sites (tertiary alicyclic amines) is 1. The van der Waals surface area contributed by atoms with E-state index in [-0.39, 0.29) is 23.8 Å². The predicted octanol–water partition coefficient (Wildman–Crippen LogP) is 0.714. The van der Waals surface area contributed by atoms with Gasteiger partial charge in [-0.3, -0.25) is 14.4 Å². The molecule has 1 aromatic heterocycles. The van der Waals surface area contributed by atoms with Crippen molar-refractivity contribution in [2.45, 2.75) is 33.1 Å². The van der Waals surface area contributed by atoms with Crippen molar-refractivity contribution < 1.29 is 14.7 Å². The Labute approximate surface area is 122 Å². The summed E-state index contributed by atoms with van der Waals surface area (Å²) in [6.07, 6.45) is 1.60. The predicted molar refractivity (Wildman–Crippen MR) is 75.2 cm³/mol. The normalized spacial score (nSPS) is 18.6. The van der Waals surface area contributed by atoms with Crippen LogP contribution in [0.15, 0.2) is 4.79 Å². The van der Waals surface area contributed by atoms with Gasteiger partial charge in [-0.05, 0) is 38.2 Å². The van der Waals surface area contributed by atoms with Gasteiger partial charge in [0.05, 0.1) is 5.69 Å². The van der Waals surface area contributed by atoms with Gasteiger partial charge < -0.3 is 10.0 Å². The van der Waals surface area contributed by atoms with E-state index >= 15 is 0 Å². The fourth-order valence-electron chi connectivity index (χ4n) is 2.70. The number of H-pyrrole nitrogens is 1. The smallest absolute Gasteiger partial charge is 0.303 e. The highest BCUT2D eigenvalue weighted by molar-refractivity contribution is 5.95. The van der Waals surface area contributed by atoms with Crippen LogP contribution in [0.3, 0.4) is 0 Å². The summed E-state index contributed by atoms with van der Waals surface area (Å²) in [5.41, 5.74) is 0.795. The molecular weight excluding hydrogens is 274 g/mol. The minimum absolute atomic E-state index is 0.0501. The van der Waals surface area contributed by atoms with Crippen molar-refractivity contribution in [3.05, 3.63) is 27.2 Å². The van der Waals surface area contributed by atoms with Crippen molar-refractivity contribution in [3.8, 4) is 0 Å². The number of carbonyl (C=O) groups excluding carboxylic acids is 1. The lowest BCUT2D eigenvalue weighted by Crippen LogP contribution is -2.43. The van der Waals surface area contributed by atoms with E-state index in [9.17, 15) is 14.4 Å². The topological polar surface area (TPSA) is 103 Å². The van der Waals surface area contributed by atoms with Crippen LogP contribution in [0, 0.1) is 19.8 Å². The number of carboxylic acids is 1. The molecule has 1 atom stereocenters. The standard InChI is InChI=1S/C14H19N3O4/c1-8-9(2)15-16-13(20)12(8)14(21)17-5-3-4-10(7-17)6-11(18)19/h10H,3-7H2,1-2H3,(H,16,20)(H,18,19). The summed E-state index contributed by atoms with van der Waals surface area (Å²) in [7, 11) is 0. The molecule has 1 fully saturated rings. The first-order valence-corrected chi connectivity index (χ1v) is 6.97. The Morgan fingerprint density at radius 1 is 1.43 bits per heavy atom. The molecule has 114 valence electrons. The van der Waals surface area contributed by atoms with E-state index < -0.39 is 11.5 Å². The van der Waals surface area contributed by atoms with Crippen LogP contribution in [-0.2, 0) is 4.79 Å². The molecule has 0 saturated carbocycles. The maximum Gasteiger partial charge on any atom is 0.303 e. The molecule has 1 aliphatic heterocycles. The first-order valence-electron chi connectivity index (χ1n) is 6.97. The number of nitrogens with one attached hydrogen (secondary N) is 1. The van der Waals surface area contributed by atoms with Crippen LogP contribution in [0.5, 0.6) is 0 Å². The molecule has 0 spiro atoms. The highest BCUT2D eigenvalue weighted by Gasteiger charge is 2.28. The van der Waals surface area contributed by atoms with Crippen molar-refractivity contribution in [2.75, 3.05) is 13.1 Å². The van der Waals surface area contributed by atoms with E-state index in [1.54, 1.807) is 18.7 Å². The van der Waals surface area contributed by atoms with Gasteiger partial charge in [-0.15, -0.1) is 0 Å². The number of rotatable bonds is 3. The van der Waals surface area contributed by atoms with Gasteiger partial charge in [0.15, 0.2) is 0 Å². The monoisotopic (exact) mass is 293 g/mol. The quantitative estimate of drug-likeness (QED) is 0.854. The Kier molecular flexibility index (Phi) is 4.40. The number of carbonyl (C=O) groups is 2. The van der Waals surface area contributed by atoms with Gasteiger partial charge in [0.25, 0.3) is 11.5 Å². The number of hydrogen-bond acceptors (Lipinski definition) is 4. The second kappa shape index (κ2) is 6.07. The highest BCUT2D eigenvalue weighted by Crippen LogP contribution is 2.21. The van der Waals surface area contributed by atoms with Crippen LogP contribution in [0.1, 0.15) is 40.9 Å². The lowest BCUT2D eigenvalue weighted by Gasteiger charge is -2.32. The van der Waals surface area contributed by atoms with E-state index in [1.807, 2.05) is 0 Å². The molecule has 21 heavy (non-hydrogen) atoms. The second-order valence-electron chi connectivity index (χ2n) is 5.50. The summed E-state index contributed by atoms with van der Waals surface area (Å²) >= 11 is 0. The summed E-state index contributed by atoms with van der Waals surface area (Å²) < 4.78 is 0. The maximum absolute atomic E-state index is 12.6. The average Bonchev–Trinajstić information content (AvgIpc) is 2.43. The molecule has 2 N–H and O–H groups in total. The van der Waals surface area contributed by atoms with Gasteiger partial charge >= 0.3 is 5.97 Å². The number of piperidine rings is 1. The summed E-state index contributed by atoms with van der Waals surface area (Å²) in [5.74, 6) is -1.25. The van der Waals surface area contributed by atoms with E-state index in [0.29, 0.717) is 24.3 Å². The van der Waals surface area contributed by atoms with Crippen molar-refractivity contribution >= 4 is 11.9 Å². The summed E-state index contributed by atoms with van der Waals surface area (Å²) in [5, 5.41) is 15.0. The molecule has 1 amide bonds. The zero-order valence-electron chi connectivity index (χ0n) is 12.2. The van der Waals surface area contributed by atoms with Gasteiger partial charge in [0, 0.05) is 19.5 Å². The lowest BCUT2D eigenvalue weighted by molar-refractivity contribution is -0.138. The molecule has 2 rings (SSSR count). The van der Waals surface area contributed by atoms with E-state index in [2.05, 4.69) is 10.2 Å². The van der Waals surface area contributed by atoms with E-state index in [4.69, 9.17) is 5.11 Å². The van der Waals surface area contributed by atoms with Gasteiger partial charge in [-0.1, -0.05) is 0 Å². The minimum Gasteiger partial charge on any atom is -0.481 e. The van der Waals surface area contributed by atoms with Gasteiger partial charge in [0.1, 0.15) is 5.56 Å². The van der Waals surface area contributed by atoms with Gasteiger partial charge in [-0.2, -0.15) is 5.10 Å². The number of carboxylic acid groups (broad SMARTS) is 1. The maximum atomic E-state index is 12.6. The molecule has 0 radical (unpaired) electrons. The average molecular weight is 293 g/mol. The number of aryl methyl sites for hydroxylation is 1. The number of amides is 1. The molecule has 7 heteroatoms. The highest BCUT2D eigenvalue weighted by atomic mass is 16.4. The minimum atomic E-state index is -0.858. The number of aliphatic carboxylic acids is 1. The largest absolute Gasteiger partial charge is 0.481 e. The molecule has 1 aliphatic rings. The molecule has 0 aromatic carbocycles. The second-order valence-corrected chi connectivity index (χ2v) is 5.50. The van der Waals surface area contributed by atoms with Gasteiger partial charge in [-0.25, -0.2) is 5.10 Å². The Morgan fingerprint density at radius 2 is 2.14 bits per heavy atom. The fraction of sp³-hybridized carbons (Fsp3) is 0.571. The zero-order valence-corrected chi connectivity index (χ0v) is 12.2. The van der Waals surface area contributed by atoms with Gasteiger partial charge in [0.2, 0.25) is 0 Å². The first kappa shape index (κ1) is 15.2. The molecular formula is C14H19N3O4. The summed E-state index contributed by atoms with van der Waals surface area (Å²) in [6, 6.07) is 0. The van der Waals surface area contributed by atoms with Crippen LogP contribution >= 0.6 is 0 Å². The SMILES string of the molecule is Cc1n[nH]c(=O)c(C(=O)N2CCCC(CC(=O)O)C2)c1C. The van der Waals surface area contributed by atoms with Crippen LogP contribution in [0.25, 0.3) is 0 Å². The number of nitrogens with zero attached hydrogens (tertiary/aromatic N) is 2. The summed E-state index contributed by atoms with van der Waals surface area (Å²) in [4.78, 5) is 36.8. The third-order valence-electron chi connectivity index (χ3n) is 3.95. The van der Waals surface area contributed by atoms with E-state index in [0.717, 1.165) is 12.8 Å². The molecule has 1 unspecified atom stereocenters. The first-order chi connectivity index (χ1) is 9.90. The molecule has 2 heterocycles. The fourth-order valence-corrected chi connectivity index (χ4v) is 2.70.